The Bertz CT molecular complexity index is 370. The van der Waals surface area contributed by atoms with Crippen molar-refractivity contribution in [3.05, 3.63) is 28.2 Å². The van der Waals surface area contributed by atoms with Gasteiger partial charge in [-0.2, -0.15) is 0 Å². The molecule has 4 heteroatoms. The highest BCUT2D eigenvalue weighted by Gasteiger charge is 2.23. The van der Waals surface area contributed by atoms with Gasteiger partial charge in [0.15, 0.2) is 0 Å². The van der Waals surface area contributed by atoms with Crippen molar-refractivity contribution in [1.82, 2.24) is 4.90 Å². The first-order chi connectivity index (χ1) is 7.70. The van der Waals surface area contributed by atoms with Crippen LogP contribution in [0.2, 0.25) is 0 Å². The highest BCUT2D eigenvalue weighted by molar-refractivity contribution is 9.10. The molecule has 1 saturated heterocycles. The number of nitrogens with zero attached hydrogens (tertiary/aromatic N) is 1. The fourth-order valence-electron chi connectivity index (χ4n) is 2.27. The largest absolute Gasteiger partial charge is 0.508 e. The van der Waals surface area contributed by atoms with Gasteiger partial charge < -0.3 is 10.8 Å². The maximum atomic E-state index is 9.78. The van der Waals surface area contributed by atoms with Crippen LogP contribution in [-0.2, 0) is 6.54 Å². The van der Waals surface area contributed by atoms with Gasteiger partial charge in [-0.15, -0.1) is 0 Å². The van der Waals surface area contributed by atoms with Crippen LogP contribution in [0.3, 0.4) is 0 Å². The maximum Gasteiger partial charge on any atom is 0.120 e. The first-order valence-electron chi connectivity index (χ1n) is 5.62. The van der Waals surface area contributed by atoms with Gasteiger partial charge >= 0.3 is 0 Å². The second-order valence-corrected chi connectivity index (χ2v) is 5.19. The van der Waals surface area contributed by atoms with E-state index in [0.29, 0.717) is 18.3 Å². The SMILES string of the molecule is NCC1CCCN1Cc1cc(Br)ccc1O. The lowest BCUT2D eigenvalue weighted by atomic mass is 10.1. The van der Waals surface area contributed by atoms with Gasteiger partial charge in [-0.3, -0.25) is 4.90 Å². The maximum absolute atomic E-state index is 9.78. The van der Waals surface area contributed by atoms with E-state index in [1.54, 1.807) is 6.07 Å². The molecule has 88 valence electrons. The molecule has 0 aromatic heterocycles. The second kappa shape index (κ2) is 5.17. The number of likely N-dealkylation sites (tertiary alicyclic amines) is 1. The molecule has 1 atom stereocenters. The van der Waals surface area contributed by atoms with Gasteiger partial charge in [0.05, 0.1) is 0 Å². The van der Waals surface area contributed by atoms with Crippen molar-refractivity contribution in [2.45, 2.75) is 25.4 Å². The lowest BCUT2D eigenvalue weighted by Crippen LogP contribution is -2.34. The molecular weight excluding hydrogens is 268 g/mol. The standard InChI is InChI=1S/C12H17BrN2O/c13-10-3-4-12(16)9(6-10)8-15-5-1-2-11(15)7-14/h3-4,6,11,16H,1-2,5,7-8,14H2. The van der Waals surface area contributed by atoms with Crippen LogP contribution in [0.25, 0.3) is 0 Å². The van der Waals surface area contributed by atoms with E-state index in [1.165, 1.54) is 12.8 Å². The van der Waals surface area contributed by atoms with E-state index in [1.807, 2.05) is 12.1 Å². The van der Waals surface area contributed by atoms with Crippen LogP contribution in [0.1, 0.15) is 18.4 Å². The molecule has 1 aliphatic rings. The van der Waals surface area contributed by atoms with Crippen molar-refractivity contribution in [2.75, 3.05) is 13.1 Å². The summed E-state index contributed by atoms with van der Waals surface area (Å²) in [6.07, 6.45) is 2.38. The van der Waals surface area contributed by atoms with Crippen molar-refractivity contribution < 1.29 is 5.11 Å². The van der Waals surface area contributed by atoms with E-state index >= 15 is 0 Å². The first-order valence-corrected chi connectivity index (χ1v) is 6.41. The number of rotatable bonds is 3. The molecule has 0 spiro atoms. The predicted octanol–water partition coefficient (Wildman–Crippen LogP) is 2.08. The minimum Gasteiger partial charge on any atom is -0.508 e. The van der Waals surface area contributed by atoms with E-state index in [-0.39, 0.29) is 0 Å². The Balaban J connectivity index is 2.11. The number of phenols is 1. The molecule has 0 amide bonds. The summed E-state index contributed by atoms with van der Waals surface area (Å²) in [5.74, 6) is 0.367. The zero-order valence-corrected chi connectivity index (χ0v) is 10.8. The molecule has 1 aromatic rings. The summed E-state index contributed by atoms with van der Waals surface area (Å²) in [6.45, 7) is 2.57. The first kappa shape index (κ1) is 11.9. The molecule has 2 rings (SSSR count). The highest BCUT2D eigenvalue weighted by Crippen LogP contribution is 2.26. The van der Waals surface area contributed by atoms with Gasteiger partial charge in [0.25, 0.3) is 0 Å². The minimum atomic E-state index is 0.367. The number of aromatic hydroxyl groups is 1. The third kappa shape index (κ3) is 2.56. The monoisotopic (exact) mass is 284 g/mol. The topological polar surface area (TPSA) is 49.5 Å². The third-order valence-corrected chi connectivity index (χ3v) is 3.68. The minimum absolute atomic E-state index is 0.367. The number of nitrogens with two attached hydrogens (primary N) is 1. The Hall–Kier alpha value is -0.580. The normalized spacial score (nSPS) is 21.5. The van der Waals surface area contributed by atoms with Gasteiger partial charge in [0, 0.05) is 29.2 Å². The smallest absolute Gasteiger partial charge is 0.120 e. The van der Waals surface area contributed by atoms with Crippen LogP contribution in [-0.4, -0.2) is 29.1 Å². The van der Waals surface area contributed by atoms with Gasteiger partial charge in [-0.05, 0) is 37.6 Å². The van der Waals surface area contributed by atoms with Crippen molar-refractivity contribution in [2.24, 2.45) is 5.73 Å². The van der Waals surface area contributed by atoms with E-state index in [2.05, 4.69) is 20.8 Å². The molecule has 1 fully saturated rings. The van der Waals surface area contributed by atoms with Crippen LogP contribution in [0, 0.1) is 0 Å². The van der Waals surface area contributed by atoms with Crippen molar-refractivity contribution in [1.29, 1.82) is 0 Å². The number of halogens is 1. The fourth-order valence-corrected chi connectivity index (χ4v) is 2.68. The summed E-state index contributed by atoms with van der Waals surface area (Å²) >= 11 is 3.42. The third-order valence-electron chi connectivity index (χ3n) is 3.19. The summed E-state index contributed by atoms with van der Waals surface area (Å²) in [7, 11) is 0. The highest BCUT2D eigenvalue weighted by atomic mass is 79.9. The lowest BCUT2D eigenvalue weighted by Gasteiger charge is -2.23. The molecule has 3 N–H and O–H groups in total. The van der Waals surface area contributed by atoms with Gasteiger partial charge in [0.1, 0.15) is 5.75 Å². The quantitative estimate of drug-likeness (QED) is 0.894. The molecular formula is C12H17BrN2O. The number of benzene rings is 1. The van der Waals surface area contributed by atoms with Crippen LogP contribution in [0.15, 0.2) is 22.7 Å². The molecule has 1 aromatic carbocycles. The molecule has 0 saturated carbocycles. The Morgan fingerprint density at radius 1 is 1.50 bits per heavy atom. The fraction of sp³-hybridized carbons (Fsp3) is 0.500. The van der Waals surface area contributed by atoms with Crippen LogP contribution in [0.5, 0.6) is 5.75 Å². The Morgan fingerprint density at radius 2 is 2.31 bits per heavy atom. The average molecular weight is 285 g/mol. The Morgan fingerprint density at radius 3 is 3.06 bits per heavy atom. The van der Waals surface area contributed by atoms with E-state index in [0.717, 1.165) is 23.1 Å². The summed E-state index contributed by atoms with van der Waals surface area (Å²) in [6, 6.07) is 6.02. The second-order valence-electron chi connectivity index (χ2n) is 4.28. The summed E-state index contributed by atoms with van der Waals surface area (Å²) < 4.78 is 1.00. The Kier molecular flexibility index (Phi) is 3.84. The van der Waals surface area contributed by atoms with Gasteiger partial charge in [-0.25, -0.2) is 0 Å². The van der Waals surface area contributed by atoms with Gasteiger partial charge in [-0.1, -0.05) is 15.9 Å². The average Bonchev–Trinajstić information content (AvgIpc) is 2.71. The lowest BCUT2D eigenvalue weighted by molar-refractivity contribution is 0.247. The van der Waals surface area contributed by atoms with Crippen molar-refractivity contribution in [3.63, 3.8) is 0 Å². The van der Waals surface area contributed by atoms with E-state index < -0.39 is 0 Å². The number of phenolic OH excluding ortho intramolecular Hbond substituents is 1. The molecule has 16 heavy (non-hydrogen) atoms. The zero-order valence-electron chi connectivity index (χ0n) is 9.19. The van der Waals surface area contributed by atoms with Crippen LogP contribution < -0.4 is 5.73 Å². The molecule has 1 heterocycles. The molecule has 3 nitrogen and oxygen atoms in total. The van der Waals surface area contributed by atoms with Crippen LogP contribution in [0.4, 0.5) is 0 Å². The molecule has 0 bridgehead atoms. The molecule has 0 aliphatic carbocycles. The summed E-state index contributed by atoms with van der Waals surface area (Å²) in [4.78, 5) is 2.35. The summed E-state index contributed by atoms with van der Waals surface area (Å²) in [5, 5.41) is 9.78. The number of hydrogen-bond donors (Lipinski definition) is 2. The summed E-state index contributed by atoms with van der Waals surface area (Å²) in [5.41, 5.74) is 6.70. The molecule has 1 aliphatic heterocycles. The van der Waals surface area contributed by atoms with Gasteiger partial charge in [0.2, 0.25) is 0 Å². The van der Waals surface area contributed by atoms with Crippen molar-refractivity contribution >= 4 is 15.9 Å². The molecule has 1 unspecified atom stereocenters. The predicted molar refractivity (Wildman–Crippen MR) is 68.3 cm³/mol. The van der Waals surface area contributed by atoms with Crippen LogP contribution >= 0.6 is 15.9 Å². The zero-order chi connectivity index (χ0) is 11.5. The Labute approximate surface area is 104 Å². The van der Waals surface area contributed by atoms with E-state index in [9.17, 15) is 5.11 Å². The number of hydrogen-bond acceptors (Lipinski definition) is 3. The molecule has 0 radical (unpaired) electrons. The van der Waals surface area contributed by atoms with E-state index in [4.69, 9.17) is 5.73 Å². The van der Waals surface area contributed by atoms with Crippen molar-refractivity contribution in [3.8, 4) is 5.75 Å².